The van der Waals surface area contributed by atoms with Gasteiger partial charge in [0, 0.05) is 11.6 Å². The predicted molar refractivity (Wildman–Crippen MR) is 137 cm³/mol. The Morgan fingerprint density at radius 3 is 2.37 bits per heavy atom. The lowest BCUT2D eigenvalue weighted by Crippen LogP contribution is -2.46. The molecule has 1 saturated heterocycles. The molecule has 0 spiro atoms. The molecule has 1 fully saturated rings. The number of nitrogens with one attached hydrogen (secondary N) is 2. The van der Waals surface area contributed by atoms with Gasteiger partial charge in [0.15, 0.2) is 0 Å². The molecule has 3 rings (SSSR count). The summed E-state index contributed by atoms with van der Waals surface area (Å²) in [6.07, 6.45) is -2.99. The van der Waals surface area contributed by atoms with E-state index < -0.39 is 41.3 Å². The normalized spacial score (nSPS) is 18.1. The number of halogens is 4. The maximum absolute atomic E-state index is 13.4. The van der Waals surface area contributed by atoms with Gasteiger partial charge in [0.2, 0.25) is 0 Å². The van der Waals surface area contributed by atoms with E-state index in [1.165, 1.54) is 23.2 Å². The quantitative estimate of drug-likeness (QED) is 0.431. The summed E-state index contributed by atoms with van der Waals surface area (Å²) in [4.78, 5) is 43.5. The monoisotopic (exact) mass is 554 g/mol. The standard InChI is InChI=1S/C26H30ClF3N4O4/c1-14-6-7-20(16-9-17(26(28,29)30)11-18(27)10-16)34(13-14)23(36)22(35)32-19-8-15(2)21(31-12-19)33-24(37)38-25(3,4)5/h8-12,14,20H,6-7,13H2,1-5H3,(H,32,35)(H,31,33,37)/t14-,20+/m0/s1. The first-order valence-electron chi connectivity index (χ1n) is 12.0. The maximum Gasteiger partial charge on any atom is 0.416 e. The van der Waals surface area contributed by atoms with Gasteiger partial charge in [-0.1, -0.05) is 18.5 Å². The van der Waals surface area contributed by atoms with Crippen LogP contribution in [0.2, 0.25) is 5.02 Å². The van der Waals surface area contributed by atoms with Gasteiger partial charge in [0.1, 0.15) is 11.4 Å². The fourth-order valence-corrected chi connectivity index (χ4v) is 4.42. The van der Waals surface area contributed by atoms with Crippen LogP contribution >= 0.6 is 11.6 Å². The molecule has 1 aromatic carbocycles. The third-order valence-electron chi connectivity index (χ3n) is 5.86. The molecule has 38 heavy (non-hydrogen) atoms. The number of likely N-dealkylation sites (tertiary alicyclic amines) is 1. The van der Waals surface area contributed by atoms with Crippen molar-refractivity contribution in [3.8, 4) is 0 Å². The number of hydrogen-bond donors (Lipinski definition) is 2. The van der Waals surface area contributed by atoms with Gasteiger partial charge in [-0.25, -0.2) is 9.78 Å². The molecule has 2 atom stereocenters. The number of hydrogen-bond acceptors (Lipinski definition) is 5. The second-order valence-corrected chi connectivity index (χ2v) is 10.8. The number of piperidine rings is 1. The number of pyridine rings is 1. The molecule has 0 unspecified atom stereocenters. The first-order valence-corrected chi connectivity index (χ1v) is 12.4. The van der Waals surface area contributed by atoms with E-state index in [0.717, 1.165) is 12.1 Å². The second kappa shape index (κ2) is 11.2. The number of amides is 3. The number of benzene rings is 1. The summed E-state index contributed by atoms with van der Waals surface area (Å²) in [6, 6.07) is 3.96. The maximum atomic E-state index is 13.4. The highest BCUT2D eigenvalue weighted by molar-refractivity contribution is 6.39. The second-order valence-electron chi connectivity index (χ2n) is 10.4. The van der Waals surface area contributed by atoms with Crippen molar-refractivity contribution < 1.29 is 32.3 Å². The number of ether oxygens (including phenoxy) is 1. The minimum absolute atomic E-state index is 0.0476. The summed E-state index contributed by atoms with van der Waals surface area (Å²) in [5.41, 5.74) is -0.691. The third kappa shape index (κ3) is 7.59. The Morgan fingerprint density at radius 2 is 1.76 bits per heavy atom. The van der Waals surface area contributed by atoms with E-state index in [9.17, 15) is 27.6 Å². The Morgan fingerprint density at radius 1 is 1.08 bits per heavy atom. The fourth-order valence-electron chi connectivity index (χ4n) is 4.18. The van der Waals surface area contributed by atoms with Crippen molar-refractivity contribution >= 4 is 41.0 Å². The lowest BCUT2D eigenvalue weighted by molar-refractivity contribution is -0.146. The molecule has 1 aliphatic heterocycles. The number of aromatic nitrogens is 1. The third-order valence-corrected chi connectivity index (χ3v) is 6.08. The zero-order valence-corrected chi connectivity index (χ0v) is 22.5. The number of nitrogens with zero attached hydrogens (tertiary/aromatic N) is 2. The van der Waals surface area contributed by atoms with Crippen LogP contribution in [0.3, 0.4) is 0 Å². The first-order chi connectivity index (χ1) is 17.5. The smallest absolute Gasteiger partial charge is 0.416 e. The van der Waals surface area contributed by atoms with E-state index in [0.29, 0.717) is 18.4 Å². The zero-order chi connectivity index (χ0) is 28.4. The van der Waals surface area contributed by atoms with Crippen LogP contribution in [0.5, 0.6) is 0 Å². The number of aryl methyl sites for hydroxylation is 1. The SMILES string of the molecule is Cc1cc(NC(=O)C(=O)N2C[C@@H](C)CC[C@@H]2c2cc(Cl)cc(C(F)(F)F)c2)cnc1NC(=O)OC(C)(C)C. The van der Waals surface area contributed by atoms with Gasteiger partial charge in [-0.2, -0.15) is 13.2 Å². The fraction of sp³-hybridized carbons (Fsp3) is 0.462. The summed E-state index contributed by atoms with van der Waals surface area (Å²) < 4.78 is 45.3. The molecule has 206 valence electrons. The largest absolute Gasteiger partial charge is 0.444 e. The summed E-state index contributed by atoms with van der Waals surface area (Å²) in [7, 11) is 0. The predicted octanol–water partition coefficient (Wildman–Crippen LogP) is 6.35. The Labute approximate surface area is 223 Å². The lowest BCUT2D eigenvalue weighted by atomic mass is 9.89. The highest BCUT2D eigenvalue weighted by Gasteiger charge is 2.37. The number of alkyl halides is 3. The van der Waals surface area contributed by atoms with Gasteiger partial charge in [0.05, 0.1) is 23.5 Å². The van der Waals surface area contributed by atoms with Gasteiger partial charge in [-0.3, -0.25) is 14.9 Å². The molecule has 8 nitrogen and oxygen atoms in total. The average Bonchev–Trinajstić information content (AvgIpc) is 2.78. The van der Waals surface area contributed by atoms with Crippen molar-refractivity contribution in [3.05, 3.63) is 52.2 Å². The topological polar surface area (TPSA) is 101 Å². The summed E-state index contributed by atoms with van der Waals surface area (Å²) in [6.45, 7) is 8.90. The van der Waals surface area contributed by atoms with Gasteiger partial charge >= 0.3 is 24.1 Å². The molecule has 0 bridgehead atoms. The van der Waals surface area contributed by atoms with Crippen LogP contribution in [-0.2, 0) is 20.5 Å². The van der Waals surface area contributed by atoms with E-state index in [1.807, 2.05) is 6.92 Å². The van der Waals surface area contributed by atoms with Crippen LogP contribution in [0.4, 0.5) is 29.5 Å². The van der Waals surface area contributed by atoms with E-state index in [4.69, 9.17) is 16.3 Å². The van der Waals surface area contributed by atoms with Crippen LogP contribution in [-0.4, -0.2) is 39.9 Å². The molecule has 2 aromatic rings. The number of anilines is 2. The number of carbonyl (C=O) groups is 3. The molecular formula is C26H30ClF3N4O4. The molecule has 0 saturated carbocycles. The first kappa shape index (κ1) is 29.2. The molecule has 0 radical (unpaired) electrons. The Balaban J connectivity index is 1.77. The summed E-state index contributed by atoms with van der Waals surface area (Å²) in [5.74, 6) is -1.58. The minimum Gasteiger partial charge on any atom is -0.444 e. The average molecular weight is 555 g/mol. The van der Waals surface area contributed by atoms with E-state index in [1.54, 1.807) is 27.7 Å². The van der Waals surface area contributed by atoms with Gasteiger partial charge in [0.25, 0.3) is 0 Å². The zero-order valence-electron chi connectivity index (χ0n) is 21.7. The molecule has 2 heterocycles. The molecule has 1 aromatic heterocycles. The Kier molecular flexibility index (Phi) is 8.60. The molecule has 1 aliphatic rings. The summed E-state index contributed by atoms with van der Waals surface area (Å²) in [5, 5.41) is 4.90. The summed E-state index contributed by atoms with van der Waals surface area (Å²) >= 11 is 5.97. The van der Waals surface area contributed by atoms with Gasteiger partial charge < -0.3 is 15.0 Å². The Bertz CT molecular complexity index is 1230. The Hall–Kier alpha value is -3.34. The van der Waals surface area contributed by atoms with Crippen LogP contribution < -0.4 is 10.6 Å². The molecule has 3 amide bonds. The van der Waals surface area contributed by atoms with Crippen LogP contribution in [0.15, 0.2) is 30.5 Å². The number of rotatable bonds is 3. The highest BCUT2D eigenvalue weighted by Crippen LogP contribution is 2.38. The molecule has 0 aliphatic carbocycles. The van der Waals surface area contributed by atoms with Crippen molar-refractivity contribution in [2.45, 2.75) is 65.3 Å². The van der Waals surface area contributed by atoms with Gasteiger partial charge in [-0.05, 0) is 81.8 Å². The van der Waals surface area contributed by atoms with Crippen LogP contribution in [0.1, 0.15) is 63.3 Å². The van der Waals surface area contributed by atoms with Crippen LogP contribution in [0, 0.1) is 12.8 Å². The van der Waals surface area contributed by atoms with Crippen molar-refractivity contribution in [3.63, 3.8) is 0 Å². The highest BCUT2D eigenvalue weighted by atomic mass is 35.5. The minimum atomic E-state index is -4.61. The van der Waals surface area contributed by atoms with E-state index in [2.05, 4.69) is 15.6 Å². The van der Waals surface area contributed by atoms with Gasteiger partial charge in [-0.15, -0.1) is 0 Å². The lowest BCUT2D eigenvalue weighted by Gasteiger charge is -2.38. The van der Waals surface area contributed by atoms with Crippen molar-refractivity contribution in [2.75, 3.05) is 17.2 Å². The van der Waals surface area contributed by atoms with E-state index in [-0.39, 0.29) is 34.6 Å². The van der Waals surface area contributed by atoms with Crippen molar-refractivity contribution in [1.82, 2.24) is 9.88 Å². The molecule has 12 heteroatoms. The van der Waals surface area contributed by atoms with Crippen molar-refractivity contribution in [2.24, 2.45) is 5.92 Å². The molecule has 2 N–H and O–H groups in total. The van der Waals surface area contributed by atoms with Crippen molar-refractivity contribution in [1.29, 1.82) is 0 Å². The van der Waals surface area contributed by atoms with Crippen LogP contribution in [0.25, 0.3) is 0 Å². The number of carbonyl (C=O) groups excluding carboxylic acids is 3. The molecular weight excluding hydrogens is 525 g/mol. The van der Waals surface area contributed by atoms with E-state index >= 15 is 0 Å².